The largest absolute Gasteiger partial charge is 0.493 e. The van der Waals surface area contributed by atoms with Gasteiger partial charge in [-0.15, -0.1) is 0 Å². The Kier molecular flexibility index (Phi) is 7.70. The lowest BCUT2D eigenvalue weighted by Gasteiger charge is -2.29. The van der Waals surface area contributed by atoms with Crippen LogP contribution < -0.4 is 14.8 Å². The van der Waals surface area contributed by atoms with Crippen molar-refractivity contribution in [1.82, 2.24) is 10.2 Å². The van der Waals surface area contributed by atoms with Gasteiger partial charge in [-0.05, 0) is 48.7 Å². The first-order chi connectivity index (χ1) is 15.4. The van der Waals surface area contributed by atoms with Crippen LogP contribution in [-0.2, 0) is 27.3 Å². The molecule has 1 unspecified atom stereocenters. The third-order valence-electron chi connectivity index (χ3n) is 5.31. The van der Waals surface area contributed by atoms with E-state index in [2.05, 4.69) is 5.32 Å². The molecular formula is C24H28N2O6. The maximum atomic E-state index is 12.6. The van der Waals surface area contributed by atoms with Crippen LogP contribution in [0.4, 0.5) is 0 Å². The van der Waals surface area contributed by atoms with E-state index in [4.69, 9.17) is 14.2 Å². The number of fused-ring (bicyclic) bond motifs is 1. The highest BCUT2D eigenvalue weighted by atomic mass is 16.5. The summed E-state index contributed by atoms with van der Waals surface area (Å²) in [6.07, 6.45) is 0.656. The zero-order chi connectivity index (χ0) is 23.1. The Labute approximate surface area is 187 Å². The maximum absolute atomic E-state index is 12.6. The van der Waals surface area contributed by atoms with Crippen LogP contribution in [0.5, 0.6) is 11.5 Å². The van der Waals surface area contributed by atoms with Crippen molar-refractivity contribution < 1.29 is 28.6 Å². The molecule has 0 fully saturated rings. The number of hydrogen-bond donors (Lipinski definition) is 1. The number of carbonyl (C=O) groups excluding carboxylic acids is 3. The second-order valence-electron chi connectivity index (χ2n) is 7.65. The molecule has 170 valence electrons. The smallest absolute Gasteiger partial charge is 0.308 e. The fourth-order valence-corrected chi connectivity index (χ4v) is 3.59. The molecule has 0 bridgehead atoms. The van der Waals surface area contributed by atoms with Gasteiger partial charge in [0, 0.05) is 24.7 Å². The molecule has 8 heteroatoms. The lowest BCUT2D eigenvalue weighted by Crippen LogP contribution is -2.39. The van der Waals surface area contributed by atoms with E-state index in [-0.39, 0.29) is 24.8 Å². The molecule has 1 heterocycles. The molecule has 2 amide bonds. The summed E-state index contributed by atoms with van der Waals surface area (Å²) in [4.78, 5) is 38.5. The SMILES string of the molecule is COc1cc2c(cc1OC)CN(C(=O)COC(=O)CC(C)NC(=O)c1ccccc1)CC2. The van der Waals surface area contributed by atoms with E-state index in [9.17, 15) is 14.4 Å². The number of carbonyl (C=O) groups is 3. The van der Waals surface area contributed by atoms with Crippen molar-refractivity contribution in [1.29, 1.82) is 0 Å². The minimum atomic E-state index is -0.539. The lowest BCUT2D eigenvalue weighted by atomic mass is 9.99. The molecule has 0 aromatic heterocycles. The molecule has 1 aliphatic rings. The molecule has 0 saturated carbocycles. The Balaban J connectivity index is 1.47. The number of nitrogens with one attached hydrogen (secondary N) is 1. The molecule has 0 aliphatic carbocycles. The number of esters is 1. The standard InChI is InChI=1S/C24H28N2O6/c1-16(25-24(29)17-7-5-4-6-8-17)11-23(28)32-15-22(27)26-10-9-18-12-20(30-2)21(31-3)13-19(18)14-26/h4-8,12-13,16H,9-11,14-15H2,1-3H3,(H,25,29). The quantitative estimate of drug-likeness (QED) is 0.634. The van der Waals surface area contributed by atoms with Gasteiger partial charge >= 0.3 is 5.97 Å². The number of ether oxygens (including phenoxy) is 3. The van der Waals surface area contributed by atoms with Gasteiger partial charge in [0.15, 0.2) is 18.1 Å². The molecule has 0 spiro atoms. The van der Waals surface area contributed by atoms with E-state index in [0.29, 0.717) is 36.6 Å². The van der Waals surface area contributed by atoms with Crippen molar-refractivity contribution >= 4 is 17.8 Å². The molecule has 2 aromatic carbocycles. The summed E-state index contributed by atoms with van der Waals surface area (Å²) in [7, 11) is 3.16. The predicted octanol–water partition coefficient (Wildman–Crippen LogP) is 2.34. The van der Waals surface area contributed by atoms with Gasteiger partial charge in [0.05, 0.1) is 20.6 Å². The van der Waals surface area contributed by atoms with Crippen molar-refractivity contribution in [2.24, 2.45) is 0 Å². The predicted molar refractivity (Wildman–Crippen MR) is 118 cm³/mol. The molecule has 0 radical (unpaired) electrons. The Morgan fingerprint density at radius 1 is 1.03 bits per heavy atom. The number of rotatable bonds is 8. The second-order valence-corrected chi connectivity index (χ2v) is 7.65. The van der Waals surface area contributed by atoms with Crippen molar-refractivity contribution in [3.05, 3.63) is 59.2 Å². The summed E-state index contributed by atoms with van der Waals surface area (Å²) in [5.74, 6) is 0.204. The Hall–Kier alpha value is -3.55. The van der Waals surface area contributed by atoms with Crippen molar-refractivity contribution in [3.8, 4) is 11.5 Å². The van der Waals surface area contributed by atoms with Crippen molar-refractivity contribution in [3.63, 3.8) is 0 Å². The zero-order valence-electron chi connectivity index (χ0n) is 18.6. The second kappa shape index (κ2) is 10.7. The van der Waals surface area contributed by atoms with Crippen LogP contribution in [0.3, 0.4) is 0 Å². The molecule has 2 aromatic rings. The number of nitrogens with zero attached hydrogens (tertiary/aromatic N) is 1. The van der Waals surface area contributed by atoms with Gasteiger partial charge < -0.3 is 24.4 Å². The van der Waals surface area contributed by atoms with E-state index in [1.165, 1.54) is 0 Å². The number of benzene rings is 2. The van der Waals surface area contributed by atoms with Crippen LogP contribution in [0.25, 0.3) is 0 Å². The van der Waals surface area contributed by atoms with Crippen LogP contribution in [0, 0.1) is 0 Å². The first kappa shape index (κ1) is 23.1. The first-order valence-corrected chi connectivity index (χ1v) is 10.4. The van der Waals surface area contributed by atoms with Crippen molar-refractivity contribution in [2.75, 3.05) is 27.4 Å². The summed E-state index contributed by atoms with van der Waals surface area (Å²) < 4.78 is 15.8. The van der Waals surface area contributed by atoms with E-state index >= 15 is 0 Å². The highest BCUT2D eigenvalue weighted by molar-refractivity contribution is 5.94. The Bertz CT molecular complexity index is 976. The third-order valence-corrected chi connectivity index (χ3v) is 5.31. The fourth-order valence-electron chi connectivity index (χ4n) is 3.59. The zero-order valence-corrected chi connectivity index (χ0v) is 18.6. The number of amides is 2. The van der Waals surface area contributed by atoms with Crippen LogP contribution in [-0.4, -0.2) is 56.1 Å². The summed E-state index contributed by atoms with van der Waals surface area (Å²) in [5.41, 5.74) is 2.60. The normalized spacial score (nSPS) is 13.5. The van der Waals surface area contributed by atoms with Crippen molar-refractivity contribution in [2.45, 2.75) is 32.4 Å². The minimum absolute atomic E-state index is 0.0221. The third kappa shape index (κ3) is 5.78. The Morgan fingerprint density at radius 3 is 2.34 bits per heavy atom. The van der Waals surface area contributed by atoms with E-state index in [1.807, 2.05) is 18.2 Å². The average molecular weight is 440 g/mol. The van der Waals surface area contributed by atoms with Gasteiger partial charge in [0.25, 0.3) is 11.8 Å². The van der Waals surface area contributed by atoms with Gasteiger partial charge in [-0.3, -0.25) is 14.4 Å². The van der Waals surface area contributed by atoms with Crippen LogP contribution >= 0.6 is 0 Å². The molecule has 1 aliphatic heterocycles. The highest BCUT2D eigenvalue weighted by Gasteiger charge is 2.24. The van der Waals surface area contributed by atoms with E-state index in [1.54, 1.807) is 50.3 Å². The summed E-state index contributed by atoms with van der Waals surface area (Å²) >= 11 is 0. The number of methoxy groups -OCH3 is 2. The monoisotopic (exact) mass is 440 g/mol. The Morgan fingerprint density at radius 2 is 1.69 bits per heavy atom. The molecule has 1 atom stereocenters. The van der Waals surface area contributed by atoms with Gasteiger partial charge in [-0.1, -0.05) is 18.2 Å². The minimum Gasteiger partial charge on any atom is -0.493 e. The lowest BCUT2D eigenvalue weighted by molar-refractivity contribution is -0.152. The van der Waals surface area contributed by atoms with Crippen LogP contribution in [0.2, 0.25) is 0 Å². The van der Waals surface area contributed by atoms with Crippen LogP contribution in [0.15, 0.2) is 42.5 Å². The van der Waals surface area contributed by atoms with Gasteiger partial charge in [-0.2, -0.15) is 0 Å². The molecule has 0 saturated heterocycles. The summed E-state index contributed by atoms with van der Waals surface area (Å²) in [5, 5.41) is 2.75. The fraction of sp³-hybridized carbons (Fsp3) is 0.375. The summed E-state index contributed by atoms with van der Waals surface area (Å²) in [6.45, 7) is 2.33. The van der Waals surface area contributed by atoms with E-state index in [0.717, 1.165) is 11.1 Å². The maximum Gasteiger partial charge on any atom is 0.308 e. The molecule has 8 nitrogen and oxygen atoms in total. The molecule has 32 heavy (non-hydrogen) atoms. The molecule has 3 rings (SSSR count). The average Bonchev–Trinajstić information content (AvgIpc) is 2.81. The highest BCUT2D eigenvalue weighted by Crippen LogP contribution is 2.33. The van der Waals surface area contributed by atoms with E-state index < -0.39 is 12.0 Å². The topological polar surface area (TPSA) is 94.2 Å². The van der Waals surface area contributed by atoms with Gasteiger partial charge in [0.2, 0.25) is 0 Å². The first-order valence-electron chi connectivity index (χ1n) is 10.4. The number of hydrogen-bond acceptors (Lipinski definition) is 6. The van der Waals surface area contributed by atoms with Crippen LogP contribution in [0.1, 0.15) is 34.8 Å². The summed E-state index contributed by atoms with van der Waals surface area (Å²) in [6, 6.07) is 12.1. The molecule has 1 N–H and O–H groups in total. The molecular weight excluding hydrogens is 412 g/mol. The van der Waals surface area contributed by atoms with Gasteiger partial charge in [-0.25, -0.2) is 0 Å². The van der Waals surface area contributed by atoms with Gasteiger partial charge in [0.1, 0.15) is 0 Å².